The van der Waals surface area contributed by atoms with Crippen molar-refractivity contribution in [2.75, 3.05) is 13.7 Å². The van der Waals surface area contributed by atoms with Crippen LogP contribution in [-0.4, -0.2) is 35.2 Å². The van der Waals surface area contributed by atoms with E-state index in [1.807, 2.05) is 25.2 Å². The lowest BCUT2D eigenvalue weighted by Crippen LogP contribution is -2.29. The molecule has 1 amide bonds. The van der Waals surface area contributed by atoms with Gasteiger partial charge in [-0.2, -0.15) is 0 Å². The van der Waals surface area contributed by atoms with Gasteiger partial charge in [-0.25, -0.2) is 0 Å². The SMILES string of the molecule is CCCCCC(=O)N(C)Cc1cccc(Br)c1OCC(C)(C)O. The minimum atomic E-state index is -0.908. The number of hydrogen-bond donors (Lipinski definition) is 1. The highest BCUT2D eigenvalue weighted by Gasteiger charge is 2.18. The molecule has 0 radical (unpaired) electrons. The molecule has 1 aromatic rings. The fourth-order valence-corrected chi connectivity index (χ4v) is 2.67. The predicted octanol–water partition coefficient (Wildman–Crippen LogP) is 4.14. The number of hydrogen-bond acceptors (Lipinski definition) is 3. The van der Waals surface area contributed by atoms with Gasteiger partial charge in [-0.05, 0) is 42.3 Å². The second-order valence-electron chi connectivity index (χ2n) is 6.54. The lowest BCUT2D eigenvalue weighted by atomic mass is 10.1. The molecular weight excluding hydrogens is 358 g/mol. The standard InChI is InChI=1S/C18H28BrNO3/c1-5-6-7-11-16(21)20(4)12-14-9-8-10-15(19)17(14)23-13-18(2,3)22/h8-10,22H,5-7,11-13H2,1-4H3. The van der Waals surface area contributed by atoms with Crippen LogP contribution in [0.1, 0.15) is 52.0 Å². The summed E-state index contributed by atoms with van der Waals surface area (Å²) >= 11 is 3.48. The maximum Gasteiger partial charge on any atom is 0.222 e. The Kier molecular flexibility index (Phi) is 8.06. The molecule has 0 aromatic heterocycles. The third kappa shape index (κ3) is 7.36. The highest BCUT2D eigenvalue weighted by atomic mass is 79.9. The van der Waals surface area contributed by atoms with Crippen LogP contribution in [0.15, 0.2) is 22.7 Å². The zero-order valence-electron chi connectivity index (χ0n) is 14.6. The number of benzene rings is 1. The average Bonchev–Trinajstić information content (AvgIpc) is 2.45. The van der Waals surface area contributed by atoms with Gasteiger partial charge in [0.15, 0.2) is 0 Å². The molecule has 0 bridgehead atoms. The number of unbranched alkanes of at least 4 members (excludes halogenated alkanes) is 2. The highest BCUT2D eigenvalue weighted by molar-refractivity contribution is 9.10. The summed E-state index contributed by atoms with van der Waals surface area (Å²) in [5, 5.41) is 9.85. The molecule has 130 valence electrons. The topological polar surface area (TPSA) is 49.8 Å². The molecule has 23 heavy (non-hydrogen) atoms. The van der Waals surface area contributed by atoms with Crippen molar-refractivity contribution in [1.29, 1.82) is 0 Å². The Hall–Kier alpha value is -1.07. The van der Waals surface area contributed by atoms with Crippen LogP contribution in [0.2, 0.25) is 0 Å². The van der Waals surface area contributed by atoms with Crippen molar-refractivity contribution >= 4 is 21.8 Å². The van der Waals surface area contributed by atoms with Crippen molar-refractivity contribution in [2.45, 2.75) is 58.6 Å². The van der Waals surface area contributed by atoms with Crippen molar-refractivity contribution in [1.82, 2.24) is 4.90 Å². The van der Waals surface area contributed by atoms with Crippen LogP contribution in [0, 0.1) is 0 Å². The van der Waals surface area contributed by atoms with Crippen molar-refractivity contribution in [2.24, 2.45) is 0 Å². The third-order valence-corrected chi connectivity index (χ3v) is 4.07. The van der Waals surface area contributed by atoms with Crippen LogP contribution in [0.5, 0.6) is 5.75 Å². The Labute approximate surface area is 148 Å². The maximum absolute atomic E-state index is 12.2. The molecule has 5 heteroatoms. The smallest absolute Gasteiger partial charge is 0.222 e. The molecule has 0 atom stereocenters. The minimum Gasteiger partial charge on any atom is -0.489 e. The monoisotopic (exact) mass is 385 g/mol. The Morgan fingerprint density at radius 2 is 2.04 bits per heavy atom. The number of ether oxygens (including phenoxy) is 1. The Morgan fingerprint density at radius 3 is 2.65 bits per heavy atom. The number of aliphatic hydroxyl groups is 1. The average molecular weight is 386 g/mol. The molecule has 0 fully saturated rings. The van der Waals surface area contributed by atoms with Crippen molar-refractivity contribution in [3.63, 3.8) is 0 Å². The first-order valence-electron chi connectivity index (χ1n) is 8.11. The van der Waals surface area contributed by atoms with Gasteiger partial charge in [0.2, 0.25) is 5.91 Å². The molecular formula is C18H28BrNO3. The molecule has 0 aliphatic heterocycles. The summed E-state index contributed by atoms with van der Waals surface area (Å²) in [7, 11) is 1.81. The van der Waals surface area contributed by atoms with E-state index < -0.39 is 5.60 Å². The van der Waals surface area contributed by atoms with Crippen LogP contribution in [0.4, 0.5) is 0 Å². The molecule has 0 unspecified atom stereocenters. The van der Waals surface area contributed by atoms with Crippen LogP contribution in [0.25, 0.3) is 0 Å². The van der Waals surface area contributed by atoms with Gasteiger partial charge in [0.25, 0.3) is 0 Å². The summed E-state index contributed by atoms with van der Waals surface area (Å²) in [5.41, 5.74) is 0.0176. The first-order valence-corrected chi connectivity index (χ1v) is 8.90. The molecule has 1 rings (SSSR count). The van der Waals surface area contributed by atoms with Gasteiger partial charge in [0.05, 0.1) is 10.1 Å². The Bertz CT molecular complexity index is 511. The first-order chi connectivity index (χ1) is 10.7. The third-order valence-electron chi connectivity index (χ3n) is 3.45. The highest BCUT2D eigenvalue weighted by Crippen LogP contribution is 2.30. The number of carbonyl (C=O) groups is 1. The van der Waals surface area contributed by atoms with Gasteiger partial charge >= 0.3 is 0 Å². The number of amides is 1. The van der Waals surface area contributed by atoms with Crippen molar-refractivity contribution < 1.29 is 14.6 Å². The van der Waals surface area contributed by atoms with Gasteiger partial charge < -0.3 is 14.7 Å². The summed E-state index contributed by atoms with van der Waals surface area (Å²) < 4.78 is 6.60. The van der Waals surface area contributed by atoms with E-state index in [0.717, 1.165) is 29.3 Å². The fourth-order valence-electron chi connectivity index (χ4n) is 2.15. The molecule has 0 spiro atoms. The number of nitrogens with zero attached hydrogens (tertiary/aromatic N) is 1. The van der Waals surface area contributed by atoms with Crippen LogP contribution < -0.4 is 4.74 Å². The summed E-state index contributed by atoms with van der Waals surface area (Å²) in [5.74, 6) is 0.828. The largest absolute Gasteiger partial charge is 0.489 e. The summed E-state index contributed by atoms with van der Waals surface area (Å²) in [6.07, 6.45) is 3.70. The van der Waals surface area contributed by atoms with Gasteiger partial charge in [-0.15, -0.1) is 0 Å². The van der Waals surface area contributed by atoms with Crippen LogP contribution in [-0.2, 0) is 11.3 Å². The van der Waals surface area contributed by atoms with Gasteiger partial charge in [0, 0.05) is 25.6 Å². The van der Waals surface area contributed by atoms with Gasteiger partial charge in [-0.1, -0.05) is 31.9 Å². The Morgan fingerprint density at radius 1 is 1.35 bits per heavy atom. The van der Waals surface area contributed by atoms with E-state index >= 15 is 0 Å². The van der Waals surface area contributed by atoms with Crippen LogP contribution >= 0.6 is 15.9 Å². The van der Waals surface area contributed by atoms with E-state index in [9.17, 15) is 9.90 Å². The second kappa shape index (κ2) is 9.28. The maximum atomic E-state index is 12.2. The lowest BCUT2D eigenvalue weighted by Gasteiger charge is -2.23. The molecule has 0 aliphatic rings. The van der Waals surface area contributed by atoms with Crippen LogP contribution in [0.3, 0.4) is 0 Å². The first kappa shape index (κ1) is 20.0. The van der Waals surface area contributed by atoms with E-state index in [-0.39, 0.29) is 12.5 Å². The zero-order valence-corrected chi connectivity index (χ0v) is 16.1. The normalized spacial score (nSPS) is 11.4. The van der Waals surface area contributed by atoms with Crippen molar-refractivity contribution in [3.05, 3.63) is 28.2 Å². The van der Waals surface area contributed by atoms with Crippen molar-refractivity contribution in [3.8, 4) is 5.75 Å². The quantitative estimate of drug-likeness (QED) is 0.649. The minimum absolute atomic E-state index is 0.145. The number of rotatable bonds is 9. The molecule has 0 saturated carbocycles. The summed E-state index contributed by atoms with van der Waals surface area (Å²) in [6.45, 7) is 6.21. The number of carbonyl (C=O) groups excluding carboxylic acids is 1. The Balaban J connectivity index is 2.75. The van der Waals surface area contributed by atoms with Gasteiger partial charge in [-0.3, -0.25) is 4.79 Å². The molecule has 0 aliphatic carbocycles. The molecule has 0 heterocycles. The summed E-state index contributed by atoms with van der Waals surface area (Å²) in [6, 6.07) is 5.76. The second-order valence-corrected chi connectivity index (χ2v) is 7.39. The molecule has 1 aromatic carbocycles. The number of para-hydroxylation sites is 1. The van der Waals surface area contributed by atoms with E-state index in [4.69, 9.17) is 4.74 Å². The molecule has 0 saturated heterocycles. The van der Waals surface area contributed by atoms with E-state index in [1.165, 1.54) is 0 Å². The van der Waals surface area contributed by atoms with E-state index in [0.29, 0.717) is 18.7 Å². The summed E-state index contributed by atoms with van der Waals surface area (Å²) in [4.78, 5) is 13.9. The van der Waals surface area contributed by atoms with Gasteiger partial charge in [0.1, 0.15) is 12.4 Å². The number of halogens is 1. The lowest BCUT2D eigenvalue weighted by molar-refractivity contribution is -0.130. The van der Waals surface area contributed by atoms with E-state index in [1.54, 1.807) is 18.7 Å². The fraction of sp³-hybridized carbons (Fsp3) is 0.611. The molecule has 4 nitrogen and oxygen atoms in total. The zero-order chi connectivity index (χ0) is 17.5. The predicted molar refractivity (Wildman–Crippen MR) is 96.6 cm³/mol. The van der Waals surface area contributed by atoms with E-state index in [2.05, 4.69) is 22.9 Å². The molecule has 1 N–H and O–H groups in total.